The summed E-state index contributed by atoms with van der Waals surface area (Å²) in [5, 5.41) is 14.0. The molecule has 6 atom stereocenters. The van der Waals surface area contributed by atoms with Crippen molar-refractivity contribution < 1.29 is 51.8 Å². The predicted octanol–water partition coefficient (Wildman–Crippen LogP) is 16.7. The van der Waals surface area contributed by atoms with Gasteiger partial charge >= 0.3 is 19.8 Å². The van der Waals surface area contributed by atoms with Gasteiger partial charge in [0.05, 0.1) is 25.2 Å². The zero-order valence-corrected chi connectivity index (χ0v) is 48.3. The van der Waals surface area contributed by atoms with E-state index in [4.69, 9.17) is 27.8 Å². The van der Waals surface area contributed by atoms with Gasteiger partial charge < -0.3 is 33.7 Å². The van der Waals surface area contributed by atoms with Crippen LogP contribution in [0.1, 0.15) is 252 Å². The van der Waals surface area contributed by atoms with Crippen molar-refractivity contribution in [2.45, 2.75) is 283 Å². The maximum absolute atomic E-state index is 15.1. The predicted molar refractivity (Wildman–Crippen MR) is 303 cm³/mol. The molecule has 12 nitrogen and oxygen atoms in total. The van der Waals surface area contributed by atoms with Gasteiger partial charge in [-0.2, -0.15) is 0 Å². The summed E-state index contributed by atoms with van der Waals surface area (Å²) in [7, 11) is -4.67. The van der Waals surface area contributed by atoms with Gasteiger partial charge in [0, 0.05) is 13.3 Å². The molecule has 428 valence electrons. The number of aliphatic hydroxyl groups is 1. The first kappa shape index (κ1) is 65.8. The first-order chi connectivity index (χ1) is 36.6. The fourth-order valence-electron chi connectivity index (χ4n) is 10.1. The second kappa shape index (κ2) is 42.6. The van der Waals surface area contributed by atoms with E-state index >= 15 is 4.57 Å². The highest BCUT2D eigenvalue weighted by atomic mass is 31.2. The van der Waals surface area contributed by atoms with Gasteiger partial charge in [-0.05, 0) is 49.4 Å². The molecule has 0 aliphatic carbocycles. The number of hydrogen-bond acceptors (Lipinski definition) is 11. The average Bonchev–Trinajstić information content (AvgIpc) is 3.39. The number of para-hydroxylation sites is 2. The number of ether oxygens (including phenoxy) is 3. The Bertz CT molecular complexity index is 1720. The summed E-state index contributed by atoms with van der Waals surface area (Å²) in [6.07, 6.45) is 33.9. The topological polar surface area (TPSA) is 156 Å². The molecule has 13 heteroatoms. The normalized spacial score (nSPS) is 17.5. The summed E-state index contributed by atoms with van der Waals surface area (Å²) in [5.74, 6) is -1.04. The van der Waals surface area contributed by atoms with E-state index in [-0.39, 0.29) is 43.5 Å². The Balaban J connectivity index is 1.83. The number of esters is 2. The maximum atomic E-state index is 15.1. The molecule has 1 fully saturated rings. The first-order valence-corrected chi connectivity index (χ1v) is 31.7. The fourth-order valence-corrected chi connectivity index (χ4v) is 11.5. The molecule has 3 rings (SSSR count). The van der Waals surface area contributed by atoms with E-state index in [2.05, 4.69) is 26.1 Å². The zero-order valence-electron chi connectivity index (χ0n) is 47.4. The highest BCUT2D eigenvalue weighted by Crippen LogP contribution is 2.52. The van der Waals surface area contributed by atoms with E-state index < -0.39 is 56.1 Å². The van der Waals surface area contributed by atoms with Crippen LogP contribution in [0.15, 0.2) is 60.7 Å². The Morgan fingerprint density at radius 1 is 0.573 bits per heavy atom. The maximum Gasteiger partial charge on any atom is 0.588 e. The molecule has 2 aromatic rings. The Kier molecular flexibility index (Phi) is 37.4. The molecule has 75 heavy (non-hydrogen) atoms. The molecule has 0 saturated carbocycles. The van der Waals surface area contributed by atoms with Crippen LogP contribution in [0.3, 0.4) is 0 Å². The number of aliphatic hydroxyl groups excluding tert-OH is 1. The fraction of sp³-hybridized carbons (Fsp3) is 0.758. The summed E-state index contributed by atoms with van der Waals surface area (Å²) in [4.78, 5) is 40.6. The van der Waals surface area contributed by atoms with Crippen molar-refractivity contribution in [2.24, 2.45) is 5.92 Å². The molecule has 0 bridgehead atoms. The van der Waals surface area contributed by atoms with E-state index in [1.807, 2.05) is 0 Å². The van der Waals surface area contributed by atoms with Crippen molar-refractivity contribution >= 4 is 25.7 Å². The van der Waals surface area contributed by atoms with Crippen molar-refractivity contribution in [2.75, 3.05) is 13.2 Å². The van der Waals surface area contributed by atoms with Gasteiger partial charge in [-0.25, -0.2) is 4.57 Å². The third-order valence-electron chi connectivity index (χ3n) is 14.5. The number of carbonyl (C=O) groups is 3. The van der Waals surface area contributed by atoms with Gasteiger partial charge in [-0.3, -0.25) is 18.9 Å². The Hall–Kier alpha value is -3.44. The van der Waals surface area contributed by atoms with Crippen molar-refractivity contribution in [1.29, 1.82) is 0 Å². The summed E-state index contributed by atoms with van der Waals surface area (Å²) in [5.41, 5.74) is 0. The van der Waals surface area contributed by atoms with Gasteiger partial charge in [0.25, 0.3) is 0 Å². The highest BCUT2D eigenvalue weighted by Gasteiger charge is 2.50. The lowest BCUT2D eigenvalue weighted by Gasteiger charge is -2.42. The van der Waals surface area contributed by atoms with Crippen molar-refractivity contribution in [1.82, 2.24) is 5.32 Å². The summed E-state index contributed by atoms with van der Waals surface area (Å²) in [6, 6.07) is 15.9. The Morgan fingerprint density at radius 3 is 1.39 bits per heavy atom. The van der Waals surface area contributed by atoms with Crippen LogP contribution in [0.4, 0.5) is 0 Å². The lowest BCUT2D eigenvalue weighted by molar-refractivity contribution is -0.192. The van der Waals surface area contributed by atoms with Gasteiger partial charge in [-0.15, -0.1) is 0 Å². The zero-order chi connectivity index (χ0) is 54.0. The van der Waals surface area contributed by atoms with Gasteiger partial charge in [0.2, 0.25) is 5.91 Å². The van der Waals surface area contributed by atoms with Crippen LogP contribution in [0.2, 0.25) is 0 Å². The number of benzene rings is 2. The average molecular weight is 1070 g/mol. The van der Waals surface area contributed by atoms with Gasteiger partial charge in [0.15, 0.2) is 6.10 Å². The van der Waals surface area contributed by atoms with E-state index in [1.54, 1.807) is 60.7 Å². The minimum Gasteiger partial charge on any atom is -0.463 e. The van der Waals surface area contributed by atoms with Crippen LogP contribution < -0.4 is 14.4 Å². The number of nitrogens with one attached hydrogen (secondary N) is 1. The van der Waals surface area contributed by atoms with Gasteiger partial charge in [0.1, 0.15) is 30.3 Å². The molecular formula is C62H104NO11P. The molecule has 1 amide bonds. The molecule has 1 aliphatic rings. The minimum absolute atomic E-state index is 0.0828. The van der Waals surface area contributed by atoms with E-state index in [1.165, 1.54) is 155 Å². The number of amides is 1. The number of hydrogen-bond donors (Lipinski definition) is 2. The first-order valence-electron chi connectivity index (χ1n) is 30.2. The quantitative estimate of drug-likeness (QED) is 0.0369. The lowest BCUT2D eigenvalue weighted by atomic mass is 9.91. The number of phosphoric ester groups is 1. The van der Waals surface area contributed by atoms with E-state index in [0.29, 0.717) is 6.42 Å². The molecule has 2 N–H and O–H groups in total. The van der Waals surface area contributed by atoms with Crippen LogP contribution in [0.5, 0.6) is 11.5 Å². The second-order valence-electron chi connectivity index (χ2n) is 21.5. The number of carbonyl (C=O) groups excluding carboxylic acids is 3. The van der Waals surface area contributed by atoms with Crippen LogP contribution >= 0.6 is 7.82 Å². The Morgan fingerprint density at radius 2 is 0.973 bits per heavy atom. The van der Waals surface area contributed by atoms with Crippen LogP contribution in [0, 0.1) is 5.92 Å². The van der Waals surface area contributed by atoms with Crippen LogP contribution in [-0.4, -0.2) is 66.6 Å². The standard InChI is InChI=1S/C62H104NO11P/c1-5-8-11-14-17-20-21-22-25-27-30-35-42-53(41-34-29-26-23-18-15-12-9-6-2)48-60(67)71-61-57(63-59(66)49-54(65)43-36-31-28-24-19-16-13-10-7-3)50-70-58(51-69-52(4)64)62(61)74-75(68,72-55-44-37-32-38-45-55)73-56-46-39-33-40-47-56/h32-33,37-40,44-47,53-54,57-58,61-62,65H,5-31,34-36,41-43,48-51H2,1-4H3,(H,63,66)/t53?,54-,57+,58-,61-,62-/m1/s1. The number of unbranched alkanes of at least 4 members (excludes halogenated alkanes) is 27. The second-order valence-corrected chi connectivity index (χ2v) is 22.9. The molecule has 2 aromatic carbocycles. The monoisotopic (exact) mass is 1070 g/mol. The lowest BCUT2D eigenvalue weighted by Crippen LogP contribution is -2.62. The van der Waals surface area contributed by atoms with Gasteiger partial charge in [-0.1, -0.05) is 250 Å². The molecule has 0 radical (unpaired) electrons. The largest absolute Gasteiger partial charge is 0.588 e. The molecule has 0 aromatic heterocycles. The highest BCUT2D eigenvalue weighted by molar-refractivity contribution is 7.49. The van der Waals surface area contributed by atoms with Crippen molar-refractivity contribution in [3.8, 4) is 11.5 Å². The molecule has 1 unspecified atom stereocenters. The SMILES string of the molecule is CCCCCCCCCCCCCCC(CCCCCCCCCCC)CC(=O)O[C@H]1[C@H](OP(=O)(Oc2ccccc2)Oc2ccccc2)[C@@H](COC(C)=O)OC[C@@H]1NC(=O)C[C@H](O)CCCCCCCCCCC. The third-order valence-corrected chi connectivity index (χ3v) is 15.9. The van der Waals surface area contributed by atoms with Crippen LogP contribution in [-0.2, 0) is 37.7 Å². The van der Waals surface area contributed by atoms with Crippen LogP contribution in [0.25, 0.3) is 0 Å². The van der Waals surface area contributed by atoms with Crippen molar-refractivity contribution in [3.63, 3.8) is 0 Å². The minimum atomic E-state index is -4.67. The third kappa shape index (κ3) is 32.2. The number of rotatable bonds is 47. The molecular weight excluding hydrogens is 966 g/mol. The summed E-state index contributed by atoms with van der Waals surface area (Å²) >= 11 is 0. The molecule has 1 heterocycles. The molecule has 1 saturated heterocycles. The summed E-state index contributed by atoms with van der Waals surface area (Å²) < 4.78 is 51.8. The smallest absolute Gasteiger partial charge is 0.463 e. The van der Waals surface area contributed by atoms with E-state index in [9.17, 15) is 19.5 Å². The van der Waals surface area contributed by atoms with E-state index in [0.717, 1.165) is 57.8 Å². The molecule has 0 spiro atoms. The summed E-state index contributed by atoms with van der Waals surface area (Å²) in [6.45, 7) is 7.52. The Labute approximate surface area is 455 Å². The van der Waals surface area contributed by atoms with Crippen molar-refractivity contribution in [3.05, 3.63) is 60.7 Å². The molecule has 1 aliphatic heterocycles. The number of phosphoric acid groups is 1.